The highest BCUT2D eigenvalue weighted by molar-refractivity contribution is 8.00. The molecule has 2 atom stereocenters. The van der Waals surface area contributed by atoms with E-state index in [2.05, 4.69) is 25.4 Å². The first kappa shape index (κ1) is 25.1. The molecule has 1 aromatic heterocycles. The van der Waals surface area contributed by atoms with Crippen LogP contribution in [0.5, 0.6) is 5.75 Å². The molecule has 1 aliphatic carbocycles. The lowest BCUT2D eigenvalue weighted by Gasteiger charge is -2.26. The van der Waals surface area contributed by atoms with Crippen LogP contribution in [0.3, 0.4) is 0 Å². The zero-order chi connectivity index (χ0) is 24.6. The van der Waals surface area contributed by atoms with Crippen molar-refractivity contribution in [2.45, 2.75) is 75.0 Å². The van der Waals surface area contributed by atoms with E-state index in [1.807, 2.05) is 68.4 Å². The van der Waals surface area contributed by atoms with Gasteiger partial charge in [-0.3, -0.25) is 4.79 Å². The average molecular weight is 494 g/mol. The molecule has 0 saturated heterocycles. The van der Waals surface area contributed by atoms with E-state index < -0.39 is 0 Å². The fraction of sp³-hybridized carbons (Fsp3) is 0.444. The van der Waals surface area contributed by atoms with Gasteiger partial charge in [0, 0.05) is 17.8 Å². The lowest BCUT2D eigenvalue weighted by atomic mass is 9.95. The van der Waals surface area contributed by atoms with Gasteiger partial charge in [0.1, 0.15) is 5.75 Å². The summed E-state index contributed by atoms with van der Waals surface area (Å²) in [5, 5.41) is 16.2. The van der Waals surface area contributed by atoms with Crippen LogP contribution in [0.25, 0.3) is 0 Å². The number of thioether (sulfide) groups is 1. The third kappa shape index (κ3) is 6.57. The summed E-state index contributed by atoms with van der Waals surface area (Å²) in [6.07, 6.45) is 5.92. The van der Waals surface area contributed by atoms with Crippen molar-refractivity contribution in [3.63, 3.8) is 0 Å². The number of benzene rings is 2. The number of rotatable bonds is 10. The van der Waals surface area contributed by atoms with Gasteiger partial charge in [0.15, 0.2) is 11.0 Å². The molecule has 2 N–H and O–H groups in total. The van der Waals surface area contributed by atoms with E-state index in [1.54, 1.807) is 7.11 Å². The normalized spacial score (nSPS) is 15.9. The number of carbonyl (C=O) groups excluding carboxylic acids is 1. The predicted octanol–water partition coefficient (Wildman–Crippen LogP) is 5.76. The molecule has 3 aromatic rings. The summed E-state index contributed by atoms with van der Waals surface area (Å²) in [4.78, 5) is 13.0. The maximum atomic E-state index is 13.0. The molecule has 2 aromatic carbocycles. The Morgan fingerprint density at radius 2 is 1.86 bits per heavy atom. The number of methoxy groups -OCH3 is 1. The molecule has 0 spiro atoms. The molecule has 0 aliphatic heterocycles. The topological polar surface area (TPSA) is 81.1 Å². The summed E-state index contributed by atoms with van der Waals surface area (Å²) in [5.74, 6) is 1.71. The number of hydrogen-bond donors (Lipinski definition) is 2. The molecule has 0 bridgehead atoms. The van der Waals surface area contributed by atoms with Crippen molar-refractivity contribution in [2.75, 3.05) is 12.4 Å². The van der Waals surface area contributed by atoms with Crippen molar-refractivity contribution in [1.82, 2.24) is 20.1 Å². The van der Waals surface area contributed by atoms with Crippen molar-refractivity contribution < 1.29 is 9.53 Å². The molecule has 1 aliphatic rings. The SMILES string of the molecule is COc1cccc(NCc2nnc(SC(C)C(=O)NC(C)c3ccccc3)n2C2CCCCC2)c1. The van der Waals surface area contributed by atoms with E-state index in [4.69, 9.17) is 4.74 Å². The highest BCUT2D eigenvalue weighted by atomic mass is 32.2. The summed E-state index contributed by atoms with van der Waals surface area (Å²) < 4.78 is 7.60. The molecule has 1 heterocycles. The van der Waals surface area contributed by atoms with Crippen LogP contribution in [-0.4, -0.2) is 33.0 Å². The number of hydrogen-bond acceptors (Lipinski definition) is 6. The van der Waals surface area contributed by atoms with Crippen molar-refractivity contribution in [2.24, 2.45) is 0 Å². The minimum Gasteiger partial charge on any atom is -0.497 e. The summed E-state index contributed by atoms with van der Waals surface area (Å²) >= 11 is 1.49. The van der Waals surface area contributed by atoms with Gasteiger partial charge < -0.3 is 19.9 Å². The van der Waals surface area contributed by atoms with Crippen molar-refractivity contribution in [1.29, 1.82) is 0 Å². The number of ether oxygens (including phenoxy) is 1. The first-order chi connectivity index (χ1) is 17.0. The second-order valence-electron chi connectivity index (χ2n) is 9.05. The van der Waals surface area contributed by atoms with Gasteiger partial charge in [-0.2, -0.15) is 0 Å². The minimum absolute atomic E-state index is 0.000558. The molecule has 7 nitrogen and oxygen atoms in total. The lowest BCUT2D eigenvalue weighted by Crippen LogP contribution is -2.33. The van der Waals surface area contributed by atoms with Crippen LogP contribution < -0.4 is 15.4 Å². The third-order valence-electron chi connectivity index (χ3n) is 6.51. The molecule has 4 rings (SSSR count). The summed E-state index contributed by atoms with van der Waals surface area (Å²) in [7, 11) is 1.67. The van der Waals surface area contributed by atoms with Crippen LogP contribution in [0.2, 0.25) is 0 Å². The molecule has 35 heavy (non-hydrogen) atoms. The highest BCUT2D eigenvalue weighted by Crippen LogP contribution is 2.34. The Bertz CT molecular complexity index is 1100. The second-order valence-corrected chi connectivity index (χ2v) is 10.4. The van der Waals surface area contributed by atoms with Gasteiger partial charge in [0.05, 0.1) is 24.9 Å². The summed E-state index contributed by atoms with van der Waals surface area (Å²) in [5.41, 5.74) is 2.06. The molecule has 1 fully saturated rings. The fourth-order valence-electron chi connectivity index (χ4n) is 4.50. The van der Waals surface area contributed by atoms with Crippen LogP contribution in [-0.2, 0) is 11.3 Å². The zero-order valence-electron chi connectivity index (χ0n) is 20.7. The number of aromatic nitrogens is 3. The quantitative estimate of drug-likeness (QED) is 0.349. The van der Waals surface area contributed by atoms with Gasteiger partial charge in [0.25, 0.3) is 0 Å². The van der Waals surface area contributed by atoms with Crippen LogP contribution in [0.4, 0.5) is 5.69 Å². The van der Waals surface area contributed by atoms with Gasteiger partial charge >= 0.3 is 0 Å². The van der Waals surface area contributed by atoms with E-state index in [0.29, 0.717) is 12.6 Å². The number of nitrogens with zero attached hydrogens (tertiary/aromatic N) is 3. The highest BCUT2D eigenvalue weighted by Gasteiger charge is 2.26. The Morgan fingerprint density at radius 1 is 1.09 bits per heavy atom. The number of carbonyl (C=O) groups is 1. The van der Waals surface area contributed by atoms with Gasteiger partial charge in [-0.15, -0.1) is 10.2 Å². The molecule has 1 amide bonds. The standard InChI is InChI=1S/C27H35N5O2S/c1-19(21-11-6-4-7-12-21)29-26(33)20(2)35-27-31-30-25(32(27)23-14-8-5-9-15-23)18-28-22-13-10-16-24(17-22)34-3/h4,6-7,10-13,16-17,19-20,23,28H,5,8-9,14-15,18H2,1-3H3,(H,29,33). The maximum absolute atomic E-state index is 13.0. The first-order valence-electron chi connectivity index (χ1n) is 12.4. The van der Waals surface area contributed by atoms with Gasteiger partial charge in [0.2, 0.25) is 5.91 Å². The number of amides is 1. The van der Waals surface area contributed by atoms with Crippen molar-refractivity contribution in [3.05, 3.63) is 66.0 Å². The Balaban J connectivity index is 1.47. The van der Waals surface area contributed by atoms with Crippen LogP contribution in [0, 0.1) is 0 Å². The van der Waals surface area contributed by atoms with E-state index in [1.165, 1.54) is 31.0 Å². The zero-order valence-corrected chi connectivity index (χ0v) is 21.6. The Kier molecular flexibility index (Phi) is 8.69. The largest absolute Gasteiger partial charge is 0.497 e. The lowest BCUT2D eigenvalue weighted by molar-refractivity contribution is -0.120. The smallest absolute Gasteiger partial charge is 0.233 e. The third-order valence-corrected chi connectivity index (χ3v) is 7.56. The monoisotopic (exact) mass is 493 g/mol. The minimum atomic E-state index is -0.285. The van der Waals surface area contributed by atoms with Gasteiger partial charge in [-0.25, -0.2) is 0 Å². The molecule has 8 heteroatoms. The molecule has 186 valence electrons. The second kappa shape index (κ2) is 12.1. The summed E-state index contributed by atoms with van der Waals surface area (Å²) in [6, 6.07) is 18.2. The summed E-state index contributed by atoms with van der Waals surface area (Å²) in [6.45, 7) is 4.51. The van der Waals surface area contributed by atoms with E-state index in [-0.39, 0.29) is 17.2 Å². The number of nitrogens with one attached hydrogen (secondary N) is 2. The molecule has 2 unspecified atom stereocenters. The average Bonchev–Trinajstić information content (AvgIpc) is 3.30. The van der Waals surface area contributed by atoms with E-state index in [9.17, 15) is 4.79 Å². The van der Waals surface area contributed by atoms with Gasteiger partial charge in [-0.1, -0.05) is 67.4 Å². The predicted molar refractivity (Wildman–Crippen MR) is 141 cm³/mol. The van der Waals surface area contributed by atoms with Crippen LogP contribution in [0.1, 0.15) is 69.4 Å². The Morgan fingerprint density at radius 3 is 2.60 bits per heavy atom. The fourth-order valence-corrected chi connectivity index (χ4v) is 5.44. The van der Waals surface area contributed by atoms with E-state index in [0.717, 1.165) is 40.8 Å². The number of anilines is 1. The maximum Gasteiger partial charge on any atom is 0.233 e. The molecule has 0 radical (unpaired) electrons. The van der Waals surface area contributed by atoms with Crippen molar-refractivity contribution in [3.8, 4) is 5.75 Å². The van der Waals surface area contributed by atoms with Crippen molar-refractivity contribution >= 4 is 23.4 Å². The van der Waals surface area contributed by atoms with Crippen LogP contribution >= 0.6 is 11.8 Å². The molecular formula is C27H35N5O2S. The van der Waals surface area contributed by atoms with Gasteiger partial charge in [-0.05, 0) is 44.4 Å². The Labute approximate surface area is 212 Å². The first-order valence-corrected chi connectivity index (χ1v) is 13.3. The Hall–Kier alpha value is -3.00. The molecular weight excluding hydrogens is 458 g/mol. The molecule has 1 saturated carbocycles. The van der Waals surface area contributed by atoms with Crippen LogP contribution in [0.15, 0.2) is 59.8 Å². The van der Waals surface area contributed by atoms with E-state index >= 15 is 0 Å².